The first-order valence-electron chi connectivity index (χ1n) is 7.01. The van der Waals surface area contributed by atoms with E-state index in [2.05, 4.69) is 24.1 Å². The first-order valence-corrected chi connectivity index (χ1v) is 7.01. The Kier molecular flexibility index (Phi) is 4.90. The van der Waals surface area contributed by atoms with Gasteiger partial charge in [-0.25, -0.2) is 9.37 Å². The zero-order valence-electron chi connectivity index (χ0n) is 12.2. The van der Waals surface area contributed by atoms with Gasteiger partial charge in [-0.1, -0.05) is 26.0 Å². The molecule has 1 N–H and O–H groups in total. The normalized spacial score (nSPS) is 11.2. The van der Waals surface area contributed by atoms with Gasteiger partial charge in [-0.15, -0.1) is 0 Å². The van der Waals surface area contributed by atoms with Crippen molar-refractivity contribution in [3.63, 3.8) is 0 Å². The summed E-state index contributed by atoms with van der Waals surface area (Å²) in [6.45, 7) is 6.90. The Morgan fingerprint density at radius 3 is 2.90 bits per heavy atom. The molecule has 20 heavy (non-hydrogen) atoms. The molecule has 0 radical (unpaired) electrons. The highest BCUT2D eigenvalue weighted by atomic mass is 19.1. The molecule has 0 fully saturated rings. The van der Waals surface area contributed by atoms with Crippen LogP contribution in [-0.2, 0) is 6.42 Å². The molecular weight excluding hydrogens is 255 g/mol. The summed E-state index contributed by atoms with van der Waals surface area (Å²) in [5.74, 6) is 0.918. The summed E-state index contributed by atoms with van der Waals surface area (Å²) in [6, 6.07) is 5.76. The SMILES string of the molecule is Cc1cccc(-c2cnc(CCCNC(C)C)o2)c1F. The van der Waals surface area contributed by atoms with E-state index in [1.165, 1.54) is 0 Å². The van der Waals surface area contributed by atoms with Gasteiger partial charge in [0.2, 0.25) is 0 Å². The number of nitrogens with one attached hydrogen (secondary N) is 1. The number of halogens is 1. The molecule has 1 heterocycles. The molecule has 108 valence electrons. The predicted molar refractivity (Wildman–Crippen MR) is 78.1 cm³/mol. The topological polar surface area (TPSA) is 38.1 Å². The molecule has 0 aliphatic heterocycles. The van der Waals surface area contributed by atoms with Crippen LogP contribution in [0.15, 0.2) is 28.8 Å². The van der Waals surface area contributed by atoms with Crippen molar-refractivity contribution in [2.45, 2.75) is 39.7 Å². The number of aromatic nitrogens is 1. The van der Waals surface area contributed by atoms with Crippen molar-refractivity contribution in [2.24, 2.45) is 0 Å². The first-order chi connectivity index (χ1) is 9.58. The van der Waals surface area contributed by atoms with Crippen LogP contribution in [0.5, 0.6) is 0 Å². The molecule has 0 saturated carbocycles. The third kappa shape index (κ3) is 3.67. The van der Waals surface area contributed by atoms with Crippen molar-refractivity contribution in [3.8, 4) is 11.3 Å². The second kappa shape index (κ2) is 6.66. The van der Waals surface area contributed by atoms with Crippen LogP contribution in [0.25, 0.3) is 11.3 Å². The maximum absolute atomic E-state index is 14.0. The van der Waals surface area contributed by atoms with Crippen LogP contribution in [0.2, 0.25) is 0 Å². The minimum absolute atomic E-state index is 0.239. The molecular formula is C16H21FN2O. The Morgan fingerprint density at radius 2 is 2.15 bits per heavy atom. The van der Waals surface area contributed by atoms with E-state index in [0.717, 1.165) is 19.4 Å². The van der Waals surface area contributed by atoms with E-state index in [1.807, 2.05) is 6.07 Å². The largest absolute Gasteiger partial charge is 0.441 e. The molecule has 0 aliphatic rings. The highest BCUT2D eigenvalue weighted by molar-refractivity contribution is 5.58. The van der Waals surface area contributed by atoms with Gasteiger partial charge in [0.25, 0.3) is 0 Å². The molecule has 0 amide bonds. The average Bonchev–Trinajstić information content (AvgIpc) is 2.86. The number of benzene rings is 1. The third-order valence-electron chi connectivity index (χ3n) is 3.13. The smallest absolute Gasteiger partial charge is 0.194 e. The van der Waals surface area contributed by atoms with E-state index in [1.54, 1.807) is 25.3 Å². The Balaban J connectivity index is 2.00. The van der Waals surface area contributed by atoms with Gasteiger partial charge in [0, 0.05) is 12.5 Å². The van der Waals surface area contributed by atoms with E-state index in [-0.39, 0.29) is 5.82 Å². The van der Waals surface area contributed by atoms with Gasteiger partial charge in [0.1, 0.15) is 5.82 Å². The number of hydrogen-bond acceptors (Lipinski definition) is 3. The lowest BCUT2D eigenvalue weighted by molar-refractivity contribution is 0.481. The molecule has 3 nitrogen and oxygen atoms in total. The van der Waals surface area contributed by atoms with Gasteiger partial charge in [-0.05, 0) is 31.5 Å². The lowest BCUT2D eigenvalue weighted by atomic mass is 10.1. The summed E-state index contributed by atoms with van der Waals surface area (Å²) in [6.07, 6.45) is 3.31. The Morgan fingerprint density at radius 1 is 1.35 bits per heavy atom. The predicted octanol–water partition coefficient (Wildman–Crippen LogP) is 3.72. The molecule has 1 aromatic heterocycles. The fraction of sp³-hybridized carbons (Fsp3) is 0.438. The molecule has 0 saturated heterocycles. The third-order valence-corrected chi connectivity index (χ3v) is 3.13. The second-order valence-corrected chi connectivity index (χ2v) is 5.27. The summed E-state index contributed by atoms with van der Waals surface area (Å²) in [5.41, 5.74) is 1.09. The Labute approximate surface area is 119 Å². The molecule has 0 bridgehead atoms. The van der Waals surface area contributed by atoms with E-state index < -0.39 is 0 Å². The van der Waals surface area contributed by atoms with Crippen LogP contribution >= 0.6 is 0 Å². The van der Waals surface area contributed by atoms with Gasteiger partial charge in [-0.3, -0.25) is 0 Å². The maximum atomic E-state index is 14.0. The van der Waals surface area contributed by atoms with Gasteiger partial charge >= 0.3 is 0 Å². The fourth-order valence-corrected chi connectivity index (χ4v) is 2.02. The second-order valence-electron chi connectivity index (χ2n) is 5.27. The molecule has 1 aromatic carbocycles. The van der Waals surface area contributed by atoms with Crippen molar-refractivity contribution >= 4 is 0 Å². The highest BCUT2D eigenvalue weighted by Gasteiger charge is 2.12. The van der Waals surface area contributed by atoms with Crippen molar-refractivity contribution < 1.29 is 8.81 Å². The quantitative estimate of drug-likeness (QED) is 0.817. The van der Waals surface area contributed by atoms with Crippen LogP contribution in [-0.4, -0.2) is 17.6 Å². The molecule has 0 spiro atoms. The van der Waals surface area contributed by atoms with E-state index in [0.29, 0.717) is 28.8 Å². The van der Waals surface area contributed by atoms with Crippen LogP contribution < -0.4 is 5.32 Å². The fourth-order valence-electron chi connectivity index (χ4n) is 2.02. The maximum Gasteiger partial charge on any atom is 0.194 e. The minimum atomic E-state index is -0.239. The standard InChI is InChI=1S/C16H21FN2O/c1-11(2)18-9-5-8-15-19-10-14(20-15)13-7-4-6-12(3)16(13)17/h4,6-7,10-11,18H,5,8-9H2,1-3H3. The van der Waals surface area contributed by atoms with Gasteiger partial charge < -0.3 is 9.73 Å². The number of oxazole rings is 1. The van der Waals surface area contributed by atoms with Crippen molar-refractivity contribution in [2.75, 3.05) is 6.54 Å². The summed E-state index contributed by atoms with van der Waals surface area (Å²) < 4.78 is 19.6. The van der Waals surface area contributed by atoms with E-state index in [4.69, 9.17) is 4.42 Å². The summed E-state index contributed by atoms with van der Waals surface area (Å²) in [7, 11) is 0. The first kappa shape index (κ1) is 14.7. The van der Waals surface area contributed by atoms with Crippen LogP contribution in [0.4, 0.5) is 4.39 Å². The van der Waals surface area contributed by atoms with E-state index >= 15 is 0 Å². The minimum Gasteiger partial charge on any atom is -0.441 e. The summed E-state index contributed by atoms with van der Waals surface area (Å²) >= 11 is 0. The van der Waals surface area contributed by atoms with Crippen molar-refractivity contribution in [1.82, 2.24) is 10.3 Å². The molecule has 0 aliphatic carbocycles. The van der Waals surface area contributed by atoms with Crippen LogP contribution in [0.3, 0.4) is 0 Å². The number of aryl methyl sites for hydroxylation is 2. The van der Waals surface area contributed by atoms with Gasteiger partial charge in [-0.2, -0.15) is 0 Å². The molecule has 0 atom stereocenters. The lowest BCUT2D eigenvalue weighted by Crippen LogP contribution is -2.23. The van der Waals surface area contributed by atoms with Crippen LogP contribution in [0.1, 0.15) is 31.7 Å². The molecule has 0 unspecified atom stereocenters. The zero-order valence-corrected chi connectivity index (χ0v) is 12.2. The zero-order chi connectivity index (χ0) is 14.5. The van der Waals surface area contributed by atoms with Crippen molar-refractivity contribution in [3.05, 3.63) is 41.7 Å². The lowest BCUT2D eigenvalue weighted by Gasteiger charge is -2.06. The van der Waals surface area contributed by atoms with Gasteiger partial charge in [0.15, 0.2) is 11.7 Å². The monoisotopic (exact) mass is 276 g/mol. The molecule has 2 aromatic rings. The number of nitrogens with zero attached hydrogens (tertiary/aromatic N) is 1. The molecule has 2 rings (SSSR count). The Bertz CT molecular complexity index is 563. The Hall–Kier alpha value is -1.68. The highest BCUT2D eigenvalue weighted by Crippen LogP contribution is 2.25. The number of rotatable bonds is 6. The van der Waals surface area contributed by atoms with Crippen LogP contribution in [0, 0.1) is 12.7 Å². The summed E-state index contributed by atoms with van der Waals surface area (Å²) in [4.78, 5) is 4.22. The van der Waals surface area contributed by atoms with Crippen molar-refractivity contribution in [1.29, 1.82) is 0 Å². The number of hydrogen-bond donors (Lipinski definition) is 1. The van der Waals surface area contributed by atoms with E-state index in [9.17, 15) is 4.39 Å². The summed E-state index contributed by atoms with van der Waals surface area (Å²) in [5, 5.41) is 3.34. The molecule has 4 heteroatoms. The van der Waals surface area contributed by atoms with Gasteiger partial charge in [0.05, 0.1) is 11.8 Å². The average molecular weight is 276 g/mol.